The van der Waals surface area contributed by atoms with E-state index in [2.05, 4.69) is 25.7 Å². The molecule has 0 aromatic carbocycles. The summed E-state index contributed by atoms with van der Waals surface area (Å²) in [7, 11) is 1.79. The van der Waals surface area contributed by atoms with Gasteiger partial charge in [0.2, 0.25) is 0 Å². The van der Waals surface area contributed by atoms with Gasteiger partial charge >= 0.3 is 0 Å². The lowest BCUT2D eigenvalue weighted by Gasteiger charge is -2.16. The van der Waals surface area contributed by atoms with E-state index < -0.39 is 5.82 Å². The van der Waals surface area contributed by atoms with Crippen LogP contribution in [0.2, 0.25) is 0 Å². The van der Waals surface area contributed by atoms with E-state index in [1.54, 1.807) is 17.8 Å². The van der Waals surface area contributed by atoms with Crippen molar-refractivity contribution in [1.29, 1.82) is 0 Å². The Balaban J connectivity index is 1.73. The fraction of sp³-hybridized carbons (Fsp3) is 0.333. The standard InChI is InChI=1S/C18H22FN9OS/c1-3-9(12(20)7-22-21)8-28-18(29)15-10(5-24-28)16-17(27(15)2)25-14(30-16)4-13-11(19)6-23-26-13/h5-7,9,22H,3-4,8,20-21H2,1-2H3,(H,23,26)/b12-7+. The fourth-order valence-corrected chi connectivity index (χ4v) is 4.61. The average Bonchev–Trinajstić information content (AvgIpc) is 3.39. The maximum atomic E-state index is 13.7. The SMILES string of the molecule is CCC(Cn1ncc2c3sc(Cc4n[nH]cc4F)nc3n(C)c2c1=O)/C(N)=C\NN. The smallest absolute Gasteiger partial charge is 0.291 e. The molecule has 0 saturated heterocycles. The van der Waals surface area contributed by atoms with Crippen LogP contribution in [0, 0.1) is 11.7 Å². The molecular formula is C18H22FN9OS. The van der Waals surface area contributed by atoms with Gasteiger partial charge in [0.15, 0.2) is 11.5 Å². The largest absolute Gasteiger partial charge is 0.401 e. The summed E-state index contributed by atoms with van der Waals surface area (Å²) < 4.78 is 17.7. The highest BCUT2D eigenvalue weighted by Gasteiger charge is 2.20. The maximum absolute atomic E-state index is 13.7. The van der Waals surface area contributed by atoms with E-state index >= 15 is 0 Å². The summed E-state index contributed by atoms with van der Waals surface area (Å²) in [5, 5.41) is 12.2. The summed E-state index contributed by atoms with van der Waals surface area (Å²) in [6.07, 6.45) is 5.40. The summed E-state index contributed by atoms with van der Waals surface area (Å²) in [6.45, 7) is 2.32. The molecule has 10 nitrogen and oxygen atoms in total. The normalized spacial score (nSPS) is 13.4. The highest BCUT2D eigenvalue weighted by Crippen LogP contribution is 2.31. The number of nitrogens with two attached hydrogens (primary N) is 2. The van der Waals surface area contributed by atoms with E-state index in [-0.39, 0.29) is 17.9 Å². The van der Waals surface area contributed by atoms with Gasteiger partial charge in [-0.1, -0.05) is 6.92 Å². The molecule has 4 aromatic rings. The van der Waals surface area contributed by atoms with Crippen molar-refractivity contribution in [2.45, 2.75) is 26.3 Å². The Labute approximate surface area is 174 Å². The number of nitrogens with zero attached hydrogens (tertiary/aromatic N) is 5. The van der Waals surface area contributed by atoms with Crippen LogP contribution < -0.4 is 22.6 Å². The molecule has 4 heterocycles. The zero-order chi connectivity index (χ0) is 21.4. The molecule has 0 aliphatic heterocycles. The molecule has 0 bridgehead atoms. The molecule has 4 rings (SSSR count). The third-order valence-corrected chi connectivity index (χ3v) is 6.24. The minimum absolute atomic E-state index is 0.0847. The summed E-state index contributed by atoms with van der Waals surface area (Å²) in [5.74, 6) is 4.83. The first-order chi connectivity index (χ1) is 14.4. The van der Waals surface area contributed by atoms with E-state index in [4.69, 9.17) is 11.6 Å². The number of aryl methyl sites for hydroxylation is 1. The Hall–Kier alpha value is -3.25. The van der Waals surface area contributed by atoms with Crippen LogP contribution in [0.25, 0.3) is 21.3 Å². The van der Waals surface area contributed by atoms with Crippen molar-refractivity contribution in [1.82, 2.24) is 35.0 Å². The number of allylic oxidation sites excluding steroid dienone is 1. The van der Waals surface area contributed by atoms with E-state index in [9.17, 15) is 9.18 Å². The number of hydrogen-bond donors (Lipinski definition) is 4. The minimum atomic E-state index is -0.396. The second-order valence-corrected chi connectivity index (χ2v) is 8.07. The van der Waals surface area contributed by atoms with E-state index in [1.165, 1.54) is 28.4 Å². The zero-order valence-electron chi connectivity index (χ0n) is 16.5. The lowest BCUT2D eigenvalue weighted by molar-refractivity contribution is 0.439. The summed E-state index contributed by atoms with van der Waals surface area (Å²) in [5.41, 5.74) is 10.3. The fourth-order valence-electron chi connectivity index (χ4n) is 3.50. The van der Waals surface area contributed by atoms with Crippen molar-refractivity contribution in [2.24, 2.45) is 24.5 Å². The molecule has 4 aromatic heterocycles. The lowest BCUT2D eigenvalue weighted by atomic mass is 10.0. The molecule has 0 aliphatic carbocycles. The van der Waals surface area contributed by atoms with Gasteiger partial charge in [-0.25, -0.2) is 14.1 Å². The molecular weight excluding hydrogens is 409 g/mol. The topological polar surface area (TPSA) is 145 Å². The van der Waals surface area contributed by atoms with E-state index in [1.807, 2.05) is 6.92 Å². The molecule has 0 amide bonds. The molecule has 1 unspecified atom stereocenters. The number of hydrogen-bond acceptors (Lipinski definition) is 8. The first-order valence-electron chi connectivity index (χ1n) is 9.38. The Morgan fingerprint density at radius 1 is 1.50 bits per heavy atom. The quantitative estimate of drug-likeness (QED) is 0.253. The summed E-state index contributed by atoms with van der Waals surface area (Å²) in [4.78, 5) is 17.7. The number of aromatic amines is 1. The zero-order valence-corrected chi connectivity index (χ0v) is 17.3. The van der Waals surface area contributed by atoms with Gasteiger partial charge in [0.25, 0.3) is 5.56 Å². The highest BCUT2D eigenvalue weighted by molar-refractivity contribution is 7.19. The number of nitrogens with one attached hydrogen (secondary N) is 2. The van der Waals surface area contributed by atoms with Gasteiger partial charge in [-0.3, -0.25) is 15.7 Å². The first-order valence-corrected chi connectivity index (χ1v) is 10.2. The number of fused-ring (bicyclic) bond motifs is 3. The minimum Gasteiger partial charge on any atom is -0.401 e. The van der Waals surface area contributed by atoms with Gasteiger partial charge in [-0.05, 0) is 6.42 Å². The molecule has 0 spiro atoms. The Kier molecular flexibility index (Phi) is 5.26. The number of thiazole rings is 1. The van der Waals surface area contributed by atoms with Crippen LogP contribution >= 0.6 is 11.3 Å². The van der Waals surface area contributed by atoms with Crippen LogP contribution in [-0.4, -0.2) is 29.5 Å². The second-order valence-electron chi connectivity index (χ2n) is 6.99. The number of H-pyrrole nitrogens is 1. The summed E-state index contributed by atoms with van der Waals surface area (Å²) in [6, 6.07) is 0. The molecule has 158 valence electrons. The van der Waals surface area contributed by atoms with Gasteiger partial charge in [-0.15, -0.1) is 11.3 Å². The van der Waals surface area contributed by atoms with Crippen molar-refractivity contribution < 1.29 is 4.39 Å². The van der Waals surface area contributed by atoms with Crippen molar-refractivity contribution in [3.63, 3.8) is 0 Å². The second kappa shape index (κ2) is 7.88. The molecule has 30 heavy (non-hydrogen) atoms. The van der Waals surface area contributed by atoms with Gasteiger partial charge in [-0.2, -0.15) is 10.2 Å². The number of rotatable bonds is 7. The average molecular weight is 432 g/mol. The Morgan fingerprint density at radius 2 is 2.30 bits per heavy atom. The number of hydrazine groups is 1. The van der Waals surface area contributed by atoms with Gasteiger partial charge < -0.3 is 15.7 Å². The first kappa shape index (κ1) is 20.0. The summed E-state index contributed by atoms with van der Waals surface area (Å²) >= 11 is 1.41. The monoisotopic (exact) mass is 431 g/mol. The lowest BCUT2D eigenvalue weighted by Crippen LogP contribution is -2.30. The number of halogens is 1. The van der Waals surface area contributed by atoms with Crippen molar-refractivity contribution in [3.05, 3.63) is 51.2 Å². The molecule has 6 N–H and O–H groups in total. The molecule has 1 atom stereocenters. The van der Waals surface area contributed by atoms with Crippen molar-refractivity contribution >= 4 is 32.6 Å². The molecule has 0 fully saturated rings. The van der Waals surface area contributed by atoms with Gasteiger partial charge in [0.1, 0.15) is 16.2 Å². The molecule has 0 saturated carbocycles. The third kappa shape index (κ3) is 3.33. The maximum Gasteiger partial charge on any atom is 0.291 e. The van der Waals surface area contributed by atoms with Gasteiger partial charge in [0.05, 0.1) is 23.6 Å². The van der Waals surface area contributed by atoms with E-state index in [0.717, 1.165) is 16.5 Å². The third-order valence-electron chi connectivity index (χ3n) is 5.16. The number of aromatic nitrogens is 6. The molecule has 0 aliphatic rings. The molecule has 12 heteroatoms. The van der Waals surface area contributed by atoms with E-state index in [0.29, 0.717) is 34.1 Å². The van der Waals surface area contributed by atoms with Crippen LogP contribution in [0.3, 0.4) is 0 Å². The molecule has 0 radical (unpaired) electrons. The predicted octanol–water partition coefficient (Wildman–Crippen LogP) is 1.09. The Morgan fingerprint density at radius 3 is 2.97 bits per heavy atom. The van der Waals surface area contributed by atoms with Gasteiger partial charge in [0, 0.05) is 36.7 Å². The van der Waals surface area contributed by atoms with Crippen LogP contribution in [-0.2, 0) is 20.0 Å². The van der Waals surface area contributed by atoms with Crippen molar-refractivity contribution in [3.8, 4) is 0 Å². The van der Waals surface area contributed by atoms with Crippen LogP contribution in [0.5, 0.6) is 0 Å². The predicted molar refractivity (Wildman–Crippen MR) is 113 cm³/mol. The highest BCUT2D eigenvalue weighted by atomic mass is 32.1. The Bertz CT molecular complexity index is 1300. The van der Waals surface area contributed by atoms with Crippen LogP contribution in [0.15, 0.2) is 29.1 Å². The van der Waals surface area contributed by atoms with Crippen LogP contribution in [0.4, 0.5) is 4.39 Å². The van der Waals surface area contributed by atoms with Crippen LogP contribution in [0.1, 0.15) is 24.0 Å². The van der Waals surface area contributed by atoms with Crippen molar-refractivity contribution in [2.75, 3.05) is 0 Å².